The molecule has 0 amide bonds. The first kappa shape index (κ1) is 12.9. The Labute approximate surface area is 126 Å². The molecule has 1 aliphatic carbocycles. The Morgan fingerprint density at radius 2 is 2.00 bits per heavy atom. The Morgan fingerprint density at radius 1 is 1.19 bits per heavy atom. The number of nitrogens with two attached hydrogens (primary N) is 1. The summed E-state index contributed by atoms with van der Waals surface area (Å²) in [6, 6.07) is 8.47. The molecule has 0 bridgehead atoms. The van der Waals surface area contributed by atoms with E-state index in [0.29, 0.717) is 12.5 Å². The summed E-state index contributed by atoms with van der Waals surface area (Å²) < 4.78 is 1.93. The lowest BCUT2D eigenvalue weighted by atomic mass is 9.85. The molecule has 0 saturated heterocycles. The summed E-state index contributed by atoms with van der Waals surface area (Å²) >= 11 is 1.60. The first-order valence-electron chi connectivity index (χ1n) is 7.36. The quantitative estimate of drug-likeness (QED) is 0.804. The number of hydrogen-bond donors (Lipinski definition) is 1. The van der Waals surface area contributed by atoms with Gasteiger partial charge >= 0.3 is 0 Å². The third-order valence-electron chi connectivity index (χ3n) is 4.12. The Hall–Kier alpha value is -1.79. The van der Waals surface area contributed by atoms with Gasteiger partial charge in [0.05, 0.1) is 0 Å². The van der Waals surface area contributed by atoms with Gasteiger partial charge in [0.2, 0.25) is 4.96 Å². The van der Waals surface area contributed by atoms with Gasteiger partial charge in [0.15, 0.2) is 5.82 Å². The first-order valence-corrected chi connectivity index (χ1v) is 8.18. The molecule has 2 N–H and O–H groups in total. The van der Waals surface area contributed by atoms with Gasteiger partial charge in [-0.3, -0.25) is 0 Å². The van der Waals surface area contributed by atoms with Gasteiger partial charge in [0, 0.05) is 11.5 Å². The predicted molar refractivity (Wildman–Crippen MR) is 83.4 cm³/mol. The molecular formula is C15H17N5S. The predicted octanol–water partition coefficient (Wildman–Crippen LogP) is 2.62. The summed E-state index contributed by atoms with van der Waals surface area (Å²) in [7, 11) is 0. The van der Waals surface area contributed by atoms with Crippen LogP contribution in [0.15, 0.2) is 24.3 Å². The fraction of sp³-hybridized carbons (Fsp3) is 0.400. The standard InChI is InChI=1S/C15H17N5S/c16-9-8-10-4-6-12(7-5-10)14-19-20-13(11-2-1-3-11)17-18-15(20)21-14/h4-7,11H,1-3,8-9,16H2. The molecule has 1 aliphatic rings. The zero-order chi connectivity index (χ0) is 14.2. The second-order valence-electron chi connectivity index (χ2n) is 5.52. The molecule has 1 saturated carbocycles. The van der Waals surface area contributed by atoms with Gasteiger partial charge < -0.3 is 5.73 Å². The van der Waals surface area contributed by atoms with E-state index in [1.807, 2.05) is 4.52 Å². The average Bonchev–Trinajstić information content (AvgIpc) is 3.00. The Bertz CT molecular complexity index is 754. The van der Waals surface area contributed by atoms with Crippen molar-refractivity contribution in [2.75, 3.05) is 6.54 Å². The Balaban J connectivity index is 1.68. The van der Waals surface area contributed by atoms with Crippen molar-refractivity contribution in [3.8, 4) is 10.6 Å². The van der Waals surface area contributed by atoms with E-state index < -0.39 is 0 Å². The molecule has 1 fully saturated rings. The van der Waals surface area contributed by atoms with Crippen LogP contribution in [0, 0.1) is 0 Å². The summed E-state index contributed by atoms with van der Waals surface area (Å²) in [5.74, 6) is 1.57. The van der Waals surface area contributed by atoms with Crippen LogP contribution in [-0.4, -0.2) is 26.4 Å². The van der Waals surface area contributed by atoms with E-state index in [2.05, 4.69) is 34.5 Å². The summed E-state index contributed by atoms with van der Waals surface area (Å²) in [5, 5.41) is 14.3. The number of benzene rings is 1. The highest BCUT2D eigenvalue weighted by molar-refractivity contribution is 7.19. The second kappa shape index (κ2) is 5.20. The summed E-state index contributed by atoms with van der Waals surface area (Å²) in [6.07, 6.45) is 4.62. The number of nitrogens with zero attached hydrogens (tertiary/aromatic N) is 4. The maximum absolute atomic E-state index is 5.58. The van der Waals surface area contributed by atoms with Gasteiger partial charge in [-0.2, -0.15) is 9.61 Å². The van der Waals surface area contributed by atoms with Crippen LogP contribution < -0.4 is 5.73 Å². The van der Waals surface area contributed by atoms with Crippen LogP contribution in [0.1, 0.15) is 36.6 Å². The molecule has 2 heterocycles. The molecule has 0 spiro atoms. The highest BCUT2D eigenvalue weighted by Crippen LogP contribution is 2.36. The van der Waals surface area contributed by atoms with Gasteiger partial charge in [-0.05, 0) is 31.4 Å². The lowest BCUT2D eigenvalue weighted by Gasteiger charge is -2.22. The number of hydrogen-bond acceptors (Lipinski definition) is 5. The van der Waals surface area contributed by atoms with E-state index in [-0.39, 0.29) is 0 Å². The molecule has 1 aromatic carbocycles. The molecule has 0 unspecified atom stereocenters. The fourth-order valence-electron chi connectivity index (χ4n) is 2.65. The van der Waals surface area contributed by atoms with Crippen LogP contribution in [0.25, 0.3) is 15.5 Å². The first-order chi connectivity index (χ1) is 10.3. The van der Waals surface area contributed by atoms with Gasteiger partial charge in [-0.15, -0.1) is 10.2 Å². The fourth-order valence-corrected chi connectivity index (χ4v) is 3.50. The zero-order valence-electron chi connectivity index (χ0n) is 11.7. The summed E-state index contributed by atoms with van der Waals surface area (Å²) in [4.78, 5) is 0.887. The number of fused-ring (bicyclic) bond motifs is 1. The van der Waals surface area contributed by atoms with Crippen molar-refractivity contribution in [2.24, 2.45) is 5.73 Å². The minimum Gasteiger partial charge on any atom is -0.330 e. The van der Waals surface area contributed by atoms with Gasteiger partial charge in [-0.1, -0.05) is 42.0 Å². The van der Waals surface area contributed by atoms with Crippen LogP contribution in [0.2, 0.25) is 0 Å². The van der Waals surface area contributed by atoms with Gasteiger partial charge in [0.1, 0.15) is 5.01 Å². The molecule has 108 valence electrons. The topological polar surface area (TPSA) is 69.1 Å². The van der Waals surface area contributed by atoms with Crippen LogP contribution in [0.4, 0.5) is 0 Å². The normalized spacial score (nSPS) is 15.5. The maximum atomic E-state index is 5.58. The van der Waals surface area contributed by atoms with Crippen molar-refractivity contribution < 1.29 is 0 Å². The van der Waals surface area contributed by atoms with Crippen molar-refractivity contribution in [1.82, 2.24) is 19.8 Å². The average molecular weight is 299 g/mol. The van der Waals surface area contributed by atoms with Crippen LogP contribution in [0.5, 0.6) is 0 Å². The van der Waals surface area contributed by atoms with Crippen LogP contribution >= 0.6 is 11.3 Å². The van der Waals surface area contributed by atoms with E-state index in [9.17, 15) is 0 Å². The van der Waals surface area contributed by atoms with Gasteiger partial charge in [-0.25, -0.2) is 0 Å². The third-order valence-corrected chi connectivity index (χ3v) is 5.07. The van der Waals surface area contributed by atoms with E-state index in [4.69, 9.17) is 10.8 Å². The molecule has 0 aliphatic heterocycles. The SMILES string of the molecule is NCCc1ccc(-c2nn3c(C4CCC4)nnc3s2)cc1. The molecule has 21 heavy (non-hydrogen) atoms. The minimum atomic E-state index is 0.543. The van der Waals surface area contributed by atoms with Crippen molar-refractivity contribution in [3.05, 3.63) is 35.7 Å². The van der Waals surface area contributed by atoms with Gasteiger partial charge in [0.25, 0.3) is 0 Å². The van der Waals surface area contributed by atoms with E-state index in [1.54, 1.807) is 11.3 Å². The monoisotopic (exact) mass is 299 g/mol. The van der Waals surface area contributed by atoms with Crippen molar-refractivity contribution >= 4 is 16.3 Å². The molecular weight excluding hydrogens is 282 g/mol. The zero-order valence-corrected chi connectivity index (χ0v) is 12.5. The number of rotatable bonds is 4. The molecule has 5 nitrogen and oxygen atoms in total. The lowest BCUT2D eigenvalue weighted by molar-refractivity contribution is 0.395. The Kier molecular flexibility index (Phi) is 3.20. The van der Waals surface area contributed by atoms with Crippen molar-refractivity contribution in [1.29, 1.82) is 0 Å². The van der Waals surface area contributed by atoms with Crippen molar-refractivity contribution in [2.45, 2.75) is 31.6 Å². The maximum Gasteiger partial charge on any atom is 0.234 e. The molecule has 0 radical (unpaired) electrons. The van der Waals surface area contributed by atoms with E-state index in [0.717, 1.165) is 27.8 Å². The van der Waals surface area contributed by atoms with Crippen molar-refractivity contribution in [3.63, 3.8) is 0 Å². The minimum absolute atomic E-state index is 0.543. The second-order valence-corrected chi connectivity index (χ2v) is 6.48. The molecule has 4 rings (SSSR count). The molecule has 2 aromatic heterocycles. The smallest absolute Gasteiger partial charge is 0.234 e. The largest absolute Gasteiger partial charge is 0.330 e. The third kappa shape index (κ3) is 2.24. The van der Waals surface area contributed by atoms with E-state index >= 15 is 0 Å². The summed E-state index contributed by atoms with van der Waals surface area (Å²) in [6.45, 7) is 0.681. The highest BCUT2D eigenvalue weighted by Gasteiger charge is 2.26. The number of aromatic nitrogens is 4. The van der Waals surface area contributed by atoms with Crippen LogP contribution in [0.3, 0.4) is 0 Å². The highest BCUT2D eigenvalue weighted by atomic mass is 32.1. The molecule has 0 atom stereocenters. The van der Waals surface area contributed by atoms with E-state index in [1.165, 1.54) is 24.8 Å². The summed E-state index contributed by atoms with van der Waals surface area (Å²) in [5.41, 5.74) is 7.98. The van der Waals surface area contributed by atoms with Crippen LogP contribution in [-0.2, 0) is 6.42 Å². The molecule has 6 heteroatoms. The molecule has 3 aromatic rings. The Morgan fingerprint density at radius 3 is 2.67 bits per heavy atom. The lowest BCUT2D eigenvalue weighted by Crippen LogP contribution is -2.12.